The van der Waals surface area contributed by atoms with Crippen molar-refractivity contribution >= 4 is 27.7 Å². The van der Waals surface area contributed by atoms with E-state index < -0.39 is 0 Å². The molecular weight excluding hydrogens is 246 g/mol. The molecule has 2 rings (SSSR count). The minimum Gasteiger partial charge on any atom is -0.298 e. The molecule has 0 spiro atoms. The highest BCUT2D eigenvalue weighted by Crippen LogP contribution is 2.38. The number of nitrogens with zero attached hydrogens (tertiary/aromatic N) is 1. The number of likely N-dealkylation sites (tertiary alicyclic amines) is 1. The molecule has 2 unspecified atom stereocenters. The van der Waals surface area contributed by atoms with Gasteiger partial charge in [-0.25, -0.2) is 0 Å². The number of halogens is 1. The molecule has 0 N–H and O–H groups in total. The summed E-state index contributed by atoms with van der Waals surface area (Å²) in [7, 11) is 0. The van der Waals surface area contributed by atoms with Crippen LogP contribution in [0.15, 0.2) is 0 Å². The summed E-state index contributed by atoms with van der Waals surface area (Å²) in [6, 6.07) is 0.897. The van der Waals surface area contributed by atoms with E-state index in [1.165, 1.54) is 25.3 Å². The predicted octanol–water partition coefficient (Wildman–Crippen LogP) is 2.60. The predicted molar refractivity (Wildman–Crippen MR) is 63.8 cm³/mol. The fraction of sp³-hybridized carbons (Fsp3) is 1.00. The monoisotopic (exact) mass is 263 g/mol. The summed E-state index contributed by atoms with van der Waals surface area (Å²) in [5.74, 6) is 1.38. The van der Waals surface area contributed by atoms with Crippen LogP contribution in [0.3, 0.4) is 0 Å². The van der Waals surface area contributed by atoms with Crippen LogP contribution in [0.5, 0.6) is 0 Å². The van der Waals surface area contributed by atoms with E-state index in [1.54, 1.807) is 0 Å². The second-order valence-electron chi connectivity index (χ2n) is 5.07. The van der Waals surface area contributed by atoms with Crippen molar-refractivity contribution in [3.8, 4) is 0 Å². The van der Waals surface area contributed by atoms with Crippen LogP contribution >= 0.6 is 27.7 Å². The van der Waals surface area contributed by atoms with E-state index in [9.17, 15) is 0 Å². The Morgan fingerprint density at radius 2 is 2.31 bits per heavy atom. The third kappa shape index (κ3) is 2.24. The average Bonchev–Trinajstić information content (AvgIpc) is 2.64. The first kappa shape index (κ1) is 10.3. The maximum atomic E-state index is 3.60. The van der Waals surface area contributed by atoms with Crippen molar-refractivity contribution in [1.29, 1.82) is 0 Å². The van der Waals surface area contributed by atoms with Crippen molar-refractivity contribution < 1.29 is 0 Å². The molecule has 2 saturated heterocycles. The molecule has 0 aliphatic carbocycles. The molecule has 0 aromatic heterocycles. The lowest BCUT2D eigenvalue weighted by molar-refractivity contribution is 0.190. The van der Waals surface area contributed by atoms with Crippen molar-refractivity contribution in [3.05, 3.63) is 0 Å². The Labute approximate surface area is 93.8 Å². The van der Waals surface area contributed by atoms with Crippen LogP contribution in [0, 0.1) is 5.41 Å². The van der Waals surface area contributed by atoms with E-state index in [1.807, 2.05) is 0 Å². The summed E-state index contributed by atoms with van der Waals surface area (Å²) in [6.45, 7) is 7.30. The summed E-state index contributed by atoms with van der Waals surface area (Å²) < 4.78 is 0. The molecule has 0 amide bonds. The molecule has 2 bridgehead atoms. The minimum atomic E-state index is 0.440. The van der Waals surface area contributed by atoms with Gasteiger partial charge in [-0.1, -0.05) is 29.8 Å². The summed E-state index contributed by atoms with van der Waals surface area (Å²) in [4.78, 5) is 2.70. The van der Waals surface area contributed by atoms with E-state index in [-0.39, 0.29) is 0 Å². The molecule has 13 heavy (non-hydrogen) atoms. The van der Waals surface area contributed by atoms with Gasteiger partial charge in [0, 0.05) is 35.5 Å². The molecule has 2 heterocycles. The fourth-order valence-electron chi connectivity index (χ4n) is 2.26. The van der Waals surface area contributed by atoms with Crippen molar-refractivity contribution in [2.24, 2.45) is 5.41 Å². The number of thioether (sulfide) groups is 1. The van der Waals surface area contributed by atoms with Crippen molar-refractivity contribution in [2.45, 2.75) is 31.6 Å². The zero-order valence-corrected chi connectivity index (χ0v) is 10.8. The second-order valence-corrected chi connectivity index (χ2v) is 6.97. The lowest BCUT2D eigenvalue weighted by Gasteiger charge is -2.33. The van der Waals surface area contributed by atoms with Crippen LogP contribution in [-0.4, -0.2) is 40.4 Å². The summed E-state index contributed by atoms with van der Waals surface area (Å²) in [6.07, 6.45) is 1.45. The Balaban J connectivity index is 1.89. The maximum absolute atomic E-state index is 3.60. The molecule has 76 valence electrons. The van der Waals surface area contributed by atoms with E-state index in [0.717, 1.165) is 16.6 Å². The highest BCUT2D eigenvalue weighted by Gasteiger charge is 2.39. The largest absolute Gasteiger partial charge is 0.298 e. The number of alkyl halides is 1. The summed E-state index contributed by atoms with van der Waals surface area (Å²) in [5, 5.41) is 2.07. The Morgan fingerprint density at radius 1 is 1.54 bits per heavy atom. The average molecular weight is 264 g/mol. The first-order chi connectivity index (χ1) is 6.11. The quantitative estimate of drug-likeness (QED) is 0.721. The molecule has 2 aliphatic heterocycles. The zero-order valence-electron chi connectivity index (χ0n) is 8.42. The number of hydrogen-bond donors (Lipinski definition) is 0. The van der Waals surface area contributed by atoms with Crippen LogP contribution in [0.1, 0.15) is 20.3 Å². The van der Waals surface area contributed by atoms with Gasteiger partial charge in [0.05, 0.1) is 0 Å². The van der Waals surface area contributed by atoms with Gasteiger partial charge in [-0.3, -0.25) is 4.90 Å². The standard InChI is InChI=1S/C10H18BrNS/c1-10(2,6-11)7-12-4-9-3-8(12)5-13-9/h8-9H,3-7H2,1-2H3. The molecule has 2 atom stereocenters. The molecule has 1 nitrogen and oxygen atoms in total. The van der Waals surface area contributed by atoms with Crippen LogP contribution in [-0.2, 0) is 0 Å². The second kappa shape index (κ2) is 3.74. The van der Waals surface area contributed by atoms with Crippen molar-refractivity contribution in [3.63, 3.8) is 0 Å². The fourth-order valence-corrected chi connectivity index (χ4v) is 3.94. The van der Waals surface area contributed by atoms with Gasteiger partial charge in [0.1, 0.15) is 0 Å². The first-order valence-electron chi connectivity index (χ1n) is 5.02. The van der Waals surface area contributed by atoms with E-state index >= 15 is 0 Å². The smallest absolute Gasteiger partial charge is 0.0198 e. The number of rotatable bonds is 3. The van der Waals surface area contributed by atoms with Gasteiger partial charge >= 0.3 is 0 Å². The first-order valence-corrected chi connectivity index (χ1v) is 7.19. The van der Waals surface area contributed by atoms with Crippen LogP contribution in [0.25, 0.3) is 0 Å². The highest BCUT2D eigenvalue weighted by molar-refractivity contribution is 9.09. The lowest BCUT2D eigenvalue weighted by Crippen LogP contribution is -2.41. The SMILES string of the molecule is CC(C)(CBr)CN1CC2CC1CS2. The molecule has 2 fully saturated rings. The van der Waals surface area contributed by atoms with Gasteiger partial charge < -0.3 is 0 Å². The van der Waals surface area contributed by atoms with Crippen LogP contribution in [0.2, 0.25) is 0 Å². The normalized spacial score (nSPS) is 34.4. The van der Waals surface area contributed by atoms with Crippen molar-refractivity contribution in [1.82, 2.24) is 4.90 Å². The maximum Gasteiger partial charge on any atom is 0.0198 e. The Hall–Kier alpha value is 0.790. The Kier molecular flexibility index (Phi) is 2.97. The minimum absolute atomic E-state index is 0.440. The molecule has 3 heteroatoms. The molecule has 0 saturated carbocycles. The Morgan fingerprint density at radius 3 is 2.77 bits per heavy atom. The number of fused-ring (bicyclic) bond motifs is 2. The zero-order chi connectivity index (χ0) is 9.47. The molecule has 0 aromatic rings. The third-order valence-electron chi connectivity index (χ3n) is 3.01. The van der Waals surface area contributed by atoms with Gasteiger partial charge in [-0.15, -0.1) is 0 Å². The van der Waals surface area contributed by atoms with Gasteiger partial charge in [0.25, 0.3) is 0 Å². The van der Waals surface area contributed by atoms with Gasteiger partial charge in [0.2, 0.25) is 0 Å². The molecule has 0 radical (unpaired) electrons. The summed E-state index contributed by atoms with van der Waals surface area (Å²) >= 11 is 5.78. The Bertz CT molecular complexity index is 195. The van der Waals surface area contributed by atoms with E-state index in [4.69, 9.17) is 0 Å². The van der Waals surface area contributed by atoms with Gasteiger partial charge in [-0.2, -0.15) is 11.8 Å². The molecular formula is C10H18BrNS. The van der Waals surface area contributed by atoms with E-state index in [2.05, 4.69) is 46.4 Å². The van der Waals surface area contributed by atoms with E-state index in [0.29, 0.717) is 5.41 Å². The van der Waals surface area contributed by atoms with Crippen LogP contribution in [0.4, 0.5) is 0 Å². The topological polar surface area (TPSA) is 3.24 Å². The van der Waals surface area contributed by atoms with Gasteiger partial charge in [-0.05, 0) is 11.8 Å². The molecule has 0 aromatic carbocycles. The highest BCUT2D eigenvalue weighted by atomic mass is 79.9. The van der Waals surface area contributed by atoms with Crippen LogP contribution < -0.4 is 0 Å². The molecule has 2 aliphatic rings. The lowest BCUT2D eigenvalue weighted by atomic mass is 9.96. The number of hydrogen-bond acceptors (Lipinski definition) is 2. The third-order valence-corrected chi connectivity index (χ3v) is 5.91. The van der Waals surface area contributed by atoms with Crippen molar-refractivity contribution in [2.75, 3.05) is 24.2 Å². The van der Waals surface area contributed by atoms with Gasteiger partial charge in [0.15, 0.2) is 0 Å². The summed E-state index contributed by atoms with van der Waals surface area (Å²) in [5.41, 5.74) is 0.440.